The lowest BCUT2D eigenvalue weighted by Crippen LogP contribution is -2.03. The predicted molar refractivity (Wildman–Crippen MR) is 80.3 cm³/mol. The first-order valence-corrected chi connectivity index (χ1v) is 6.66. The van der Waals surface area contributed by atoms with Crippen LogP contribution in [0, 0.1) is 6.92 Å². The molecule has 0 saturated heterocycles. The first-order valence-electron chi connectivity index (χ1n) is 6.28. The van der Waals surface area contributed by atoms with Gasteiger partial charge >= 0.3 is 0 Å². The summed E-state index contributed by atoms with van der Waals surface area (Å²) in [6.07, 6.45) is 2.60. The van der Waals surface area contributed by atoms with E-state index in [0.717, 1.165) is 40.9 Å². The molecule has 2 N–H and O–H groups in total. The Morgan fingerprint density at radius 3 is 2.79 bits per heavy atom. The highest BCUT2D eigenvalue weighted by Crippen LogP contribution is 2.25. The lowest BCUT2D eigenvalue weighted by molar-refractivity contribution is 0.965. The summed E-state index contributed by atoms with van der Waals surface area (Å²) >= 11 is 6.09. The van der Waals surface area contributed by atoms with Crippen molar-refractivity contribution in [3.05, 3.63) is 41.2 Å². The topological polar surface area (TPSA) is 49.8 Å². The molecule has 0 aliphatic carbocycles. The summed E-state index contributed by atoms with van der Waals surface area (Å²) in [6, 6.07) is 7.64. The van der Waals surface area contributed by atoms with E-state index in [9.17, 15) is 0 Å². The van der Waals surface area contributed by atoms with E-state index in [-0.39, 0.29) is 0 Å². The highest BCUT2D eigenvalue weighted by molar-refractivity contribution is 6.31. The second-order valence-corrected chi connectivity index (χ2v) is 4.66. The monoisotopic (exact) mass is 276 g/mol. The van der Waals surface area contributed by atoms with Crippen LogP contribution in [0.1, 0.15) is 18.9 Å². The van der Waals surface area contributed by atoms with Gasteiger partial charge in [-0.2, -0.15) is 0 Å². The standard InChI is InChI=1S/C14H17ClN4/c1-3-7-16-13-8-14(18-9-17-13)19-12-6-4-5-11(15)10(12)2/h4-6,8-9H,3,7H2,1-2H3,(H2,16,17,18,19). The molecule has 0 amide bonds. The van der Waals surface area contributed by atoms with Crippen LogP contribution in [0.15, 0.2) is 30.6 Å². The molecule has 0 spiro atoms. The molecule has 19 heavy (non-hydrogen) atoms. The first kappa shape index (κ1) is 13.6. The minimum atomic E-state index is 0.739. The summed E-state index contributed by atoms with van der Waals surface area (Å²) in [5, 5.41) is 7.22. The number of nitrogens with zero attached hydrogens (tertiary/aromatic N) is 2. The SMILES string of the molecule is CCCNc1cc(Nc2cccc(Cl)c2C)ncn1. The molecule has 0 radical (unpaired) electrons. The van der Waals surface area contributed by atoms with E-state index in [4.69, 9.17) is 11.6 Å². The summed E-state index contributed by atoms with van der Waals surface area (Å²) < 4.78 is 0. The van der Waals surface area contributed by atoms with Gasteiger partial charge in [0.15, 0.2) is 0 Å². The van der Waals surface area contributed by atoms with E-state index in [1.165, 1.54) is 0 Å². The highest BCUT2D eigenvalue weighted by Gasteiger charge is 2.04. The second-order valence-electron chi connectivity index (χ2n) is 4.25. The van der Waals surface area contributed by atoms with Crippen molar-refractivity contribution in [3.63, 3.8) is 0 Å². The van der Waals surface area contributed by atoms with Gasteiger partial charge in [-0.1, -0.05) is 24.6 Å². The van der Waals surface area contributed by atoms with Crippen molar-refractivity contribution < 1.29 is 0 Å². The molecule has 0 fully saturated rings. The summed E-state index contributed by atoms with van der Waals surface area (Å²) in [7, 11) is 0. The average molecular weight is 277 g/mol. The molecule has 1 aromatic heterocycles. The maximum atomic E-state index is 6.09. The van der Waals surface area contributed by atoms with Gasteiger partial charge in [-0.25, -0.2) is 9.97 Å². The zero-order valence-electron chi connectivity index (χ0n) is 11.1. The average Bonchev–Trinajstić information content (AvgIpc) is 2.42. The van der Waals surface area contributed by atoms with Crippen LogP contribution >= 0.6 is 11.6 Å². The largest absolute Gasteiger partial charge is 0.370 e. The molecule has 4 nitrogen and oxygen atoms in total. The van der Waals surface area contributed by atoms with Crippen LogP contribution in [0.5, 0.6) is 0 Å². The minimum absolute atomic E-state index is 0.739. The molecule has 0 aliphatic rings. The van der Waals surface area contributed by atoms with Crippen LogP contribution in [0.4, 0.5) is 17.3 Å². The van der Waals surface area contributed by atoms with Crippen molar-refractivity contribution in [2.24, 2.45) is 0 Å². The highest BCUT2D eigenvalue weighted by atomic mass is 35.5. The molecule has 1 aromatic carbocycles. The second kappa shape index (κ2) is 6.38. The fourth-order valence-electron chi connectivity index (χ4n) is 1.66. The molecular weight excluding hydrogens is 260 g/mol. The fourth-order valence-corrected chi connectivity index (χ4v) is 1.83. The van der Waals surface area contributed by atoms with Crippen molar-refractivity contribution in [1.82, 2.24) is 9.97 Å². The Balaban J connectivity index is 2.16. The van der Waals surface area contributed by atoms with Gasteiger partial charge in [-0.15, -0.1) is 0 Å². The Hall–Kier alpha value is -1.81. The summed E-state index contributed by atoms with van der Waals surface area (Å²) in [5.74, 6) is 1.57. The predicted octanol–water partition coefficient (Wildman–Crippen LogP) is 4.00. The number of nitrogens with one attached hydrogen (secondary N) is 2. The fraction of sp³-hybridized carbons (Fsp3) is 0.286. The van der Waals surface area contributed by atoms with Crippen LogP contribution in [0.25, 0.3) is 0 Å². The molecule has 0 aliphatic heterocycles. The van der Waals surface area contributed by atoms with Crippen molar-refractivity contribution >= 4 is 28.9 Å². The lowest BCUT2D eigenvalue weighted by atomic mass is 10.2. The van der Waals surface area contributed by atoms with E-state index >= 15 is 0 Å². The van der Waals surface area contributed by atoms with Gasteiger partial charge in [0.1, 0.15) is 18.0 Å². The molecule has 2 rings (SSSR count). The normalized spacial score (nSPS) is 10.3. The zero-order valence-corrected chi connectivity index (χ0v) is 11.8. The summed E-state index contributed by atoms with van der Waals surface area (Å²) in [4.78, 5) is 8.38. The third kappa shape index (κ3) is 3.58. The van der Waals surface area contributed by atoms with E-state index < -0.39 is 0 Å². The van der Waals surface area contributed by atoms with Gasteiger partial charge in [0.25, 0.3) is 0 Å². The Bertz CT molecular complexity index is 557. The molecular formula is C14H17ClN4. The molecule has 0 unspecified atom stereocenters. The zero-order chi connectivity index (χ0) is 13.7. The van der Waals surface area contributed by atoms with Gasteiger partial charge in [-0.3, -0.25) is 0 Å². The Labute approximate surface area is 118 Å². The Morgan fingerprint density at radius 2 is 2.00 bits per heavy atom. The number of aromatic nitrogens is 2. The Morgan fingerprint density at radius 1 is 1.21 bits per heavy atom. The Kier molecular flexibility index (Phi) is 4.58. The van der Waals surface area contributed by atoms with Gasteiger partial charge in [0.2, 0.25) is 0 Å². The van der Waals surface area contributed by atoms with Crippen LogP contribution in [0.2, 0.25) is 5.02 Å². The summed E-state index contributed by atoms with van der Waals surface area (Å²) in [6.45, 7) is 4.98. The minimum Gasteiger partial charge on any atom is -0.370 e. The lowest BCUT2D eigenvalue weighted by Gasteiger charge is -2.11. The molecule has 100 valence electrons. The molecule has 0 saturated carbocycles. The number of hydrogen-bond acceptors (Lipinski definition) is 4. The number of rotatable bonds is 5. The maximum absolute atomic E-state index is 6.09. The quantitative estimate of drug-likeness (QED) is 0.866. The third-order valence-corrected chi connectivity index (χ3v) is 3.16. The van der Waals surface area contributed by atoms with Crippen molar-refractivity contribution in [2.45, 2.75) is 20.3 Å². The molecule has 5 heteroatoms. The summed E-state index contributed by atoms with van der Waals surface area (Å²) in [5.41, 5.74) is 1.96. The van der Waals surface area contributed by atoms with Crippen LogP contribution in [-0.2, 0) is 0 Å². The van der Waals surface area contributed by atoms with Gasteiger partial charge < -0.3 is 10.6 Å². The van der Waals surface area contributed by atoms with E-state index in [1.54, 1.807) is 6.33 Å². The molecule has 0 atom stereocenters. The van der Waals surface area contributed by atoms with Crippen molar-refractivity contribution in [1.29, 1.82) is 0 Å². The molecule has 0 bridgehead atoms. The van der Waals surface area contributed by atoms with Crippen LogP contribution in [0.3, 0.4) is 0 Å². The first-order chi connectivity index (χ1) is 9.20. The van der Waals surface area contributed by atoms with Crippen LogP contribution < -0.4 is 10.6 Å². The van der Waals surface area contributed by atoms with Crippen molar-refractivity contribution in [3.8, 4) is 0 Å². The van der Waals surface area contributed by atoms with E-state index in [1.807, 2.05) is 31.2 Å². The van der Waals surface area contributed by atoms with Gasteiger partial charge in [0, 0.05) is 23.3 Å². The maximum Gasteiger partial charge on any atom is 0.135 e. The smallest absolute Gasteiger partial charge is 0.135 e. The molecule has 2 aromatic rings. The third-order valence-electron chi connectivity index (χ3n) is 2.75. The van der Waals surface area contributed by atoms with Gasteiger partial charge in [-0.05, 0) is 31.0 Å². The number of halogens is 1. The van der Waals surface area contributed by atoms with E-state index in [0.29, 0.717) is 0 Å². The number of anilines is 3. The van der Waals surface area contributed by atoms with E-state index in [2.05, 4.69) is 27.5 Å². The van der Waals surface area contributed by atoms with Gasteiger partial charge in [0.05, 0.1) is 0 Å². The van der Waals surface area contributed by atoms with Crippen molar-refractivity contribution in [2.75, 3.05) is 17.2 Å². The number of hydrogen-bond donors (Lipinski definition) is 2. The number of benzene rings is 1. The molecule has 1 heterocycles. The van der Waals surface area contributed by atoms with Crippen LogP contribution in [-0.4, -0.2) is 16.5 Å².